The van der Waals surface area contributed by atoms with Crippen LogP contribution >= 0.6 is 0 Å². The summed E-state index contributed by atoms with van der Waals surface area (Å²) in [5, 5.41) is 11.0. The maximum Gasteiger partial charge on any atom is 0.282 e. The van der Waals surface area contributed by atoms with Crippen molar-refractivity contribution in [2.24, 2.45) is 0 Å². The molecule has 1 aromatic carbocycles. The molecule has 0 unspecified atom stereocenters. The highest BCUT2D eigenvalue weighted by molar-refractivity contribution is 5.44. The summed E-state index contributed by atoms with van der Waals surface area (Å²) in [6, 6.07) is 5.26. The van der Waals surface area contributed by atoms with Crippen LogP contribution in [0.1, 0.15) is 5.56 Å². The van der Waals surface area contributed by atoms with Crippen LogP contribution in [0.25, 0.3) is 0 Å². The third-order valence-corrected chi connectivity index (χ3v) is 2.38. The third kappa shape index (κ3) is 3.04. The van der Waals surface area contributed by atoms with E-state index in [1.807, 2.05) is 0 Å². The van der Waals surface area contributed by atoms with Gasteiger partial charge in [0.15, 0.2) is 11.5 Å². The highest BCUT2D eigenvalue weighted by atomic mass is 19.3. The number of aliphatic hydroxyl groups is 1. The van der Waals surface area contributed by atoms with Gasteiger partial charge < -0.3 is 19.9 Å². The summed E-state index contributed by atoms with van der Waals surface area (Å²) in [6.07, 6.45) is 0. The summed E-state index contributed by atoms with van der Waals surface area (Å²) in [5.41, 5.74) is 0.822. The second-order valence-electron chi connectivity index (χ2n) is 3.81. The molecule has 0 bridgehead atoms. The lowest BCUT2D eigenvalue weighted by Gasteiger charge is -2.13. The van der Waals surface area contributed by atoms with Crippen LogP contribution in [0.3, 0.4) is 0 Å². The van der Waals surface area contributed by atoms with E-state index in [1.165, 1.54) is 0 Å². The Morgan fingerprint density at radius 2 is 2.06 bits per heavy atom. The maximum absolute atomic E-state index is 12.7. The summed E-state index contributed by atoms with van der Waals surface area (Å²) >= 11 is 0. The van der Waals surface area contributed by atoms with E-state index in [9.17, 15) is 8.78 Å². The minimum absolute atomic E-state index is 0.189. The predicted octanol–water partition coefficient (Wildman–Crippen LogP) is 1.13. The van der Waals surface area contributed by atoms with Crippen LogP contribution in [0.4, 0.5) is 8.78 Å². The van der Waals surface area contributed by atoms with Crippen molar-refractivity contribution < 1.29 is 23.4 Å². The molecule has 0 atom stereocenters. The summed E-state index contributed by atoms with van der Waals surface area (Å²) < 4.78 is 35.7. The number of fused-ring (bicyclic) bond motifs is 1. The van der Waals surface area contributed by atoms with Gasteiger partial charge in [-0.05, 0) is 17.7 Å². The number of hydrogen-bond donors (Lipinski definition) is 2. The number of alkyl halides is 2. The van der Waals surface area contributed by atoms with E-state index < -0.39 is 19.1 Å². The minimum Gasteiger partial charge on any atom is -0.454 e. The predicted molar refractivity (Wildman–Crippen MR) is 56.3 cm³/mol. The number of rotatable bonds is 5. The van der Waals surface area contributed by atoms with Crippen molar-refractivity contribution in [1.82, 2.24) is 5.32 Å². The molecule has 0 radical (unpaired) electrons. The second-order valence-corrected chi connectivity index (χ2v) is 3.81. The van der Waals surface area contributed by atoms with Crippen molar-refractivity contribution in [2.45, 2.75) is 12.5 Å². The fourth-order valence-corrected chi connectivity index (χ4v) is 1.50. The van der Waals surface area contributed by atoms with Crippen molar-refractivity contribution >= 4 is 0 Å². The lowest BCUT2D eigenvalue weighted by Crippen LogP contribution is -2.35. The fraction of sp³-hybridized carbons (Fsp3) is 0.455. The SMILES string of the molecule is OCC(F)(F)CNCc1ccc2c(c1)OCO2. The van der Waals surface area contributed by atoms with E-state index >= 15 is 0 Å². The molecule has 0 spiro atoms. The zero-order valence-electron chi connectivity index (χ0n) is 9.08. The van der Waals surface area contributed by atoms with Crippen LogP contribution in [0.5, 0.6) is 11.5 Å². The molecule has 1 heterocycles. The Labute approximate surface area is 97.2 Å². The molecule has 2 N–H and O–H groups in total. The Bertz CT molecular complexity index is 398. The van der Waals surface area contributed by atoms with E-state index in [1.54, 1.807) is 18.2 Å². The lowest BCUT2D eigenvalue weighted by atomic mass is 10.2. The number of nitrogens with one attached hydrogen (secondary N) is 1. The number of hydrogen-bond acceptors (Lipinski definition) is 4. The van der Waals surface area contributed by atoms with E-state index in [0.29, 0.717) is 11.5 Å². The number of aliphatic hydroxyl groups excluding tert-OH is 1. The van der Waals surface area contributed by atoms with Crippen molar-refractivity contribution in [3.8, 4) is 11.5 Å². The van der Waals surface area contributed by atoms with Gasteiger partial charge in [0, 0.05) is 6.54 Å². The summed E-state index contributed by atoms with van der Waals surface area (Å²) in [4.78, 5) is 0. The number of halogens is 2. The Hall–Kier alpha value is -1.40. The average Bonchev–Trinajstić information content (AvgIpc) is 2.76. The first-order chi connectivity index (χ1) is 8.11. The van der Waals surface area contributed by atoms with Gasteiger partial charge in [-0.25, -0.2) is 8.78 Å². The first kappa shape index (κ1) is 12.1. The van der Waals surface area contributed by atoms with Crippen LogP contribution < -0.4 is 14.8 Å². The molecule has 0 saturated carbocycles. The van der Waals surface area contributed by atoms with E-state index in [-0.39, 0.29) is 13.3 Å². The zero-order valence-corrected chi connectivity index (χ0v) is 9.08. The number of ether oxygens (including phenoxy) is 2. The van der Waals surface area contributed by atoms with Gasteiger partial charge in [-0.15, -0.1) is 0 Å². The lowest BCUT2D eigenvalue weighted by molar-refractivity contribution is -0.0477. The quantitative estimate of drug-likeness (QED) is 0.816. The largest absolute Gasteiger partial charge is 0.454 e. The Kier molecular flexibility index (Phi) is 3.44. The van der Waals surface area contributed by atoms with Gasteiger partial charge in [0.1, 0.15) is 6.61 Å². The van der Waals surface area contributed by atoms with Gasteiger partial charge in [-0.2, -0.15) is 0 Å². The van der Waals surface area contributed by atoms with Gasteiger partial charge in [0.05, 0.1) is 6.54 Å². The molecule has 6 heteroatoms. The highest BCUT2D eigenvalue weighted by Gasteiger charge is 2.26. The van der Waals surface area contributed by atoms with Gasteiger partial charge in [0.2, 0.25) is 6.79 Å². The maximum atomic E-state index is 12.7. The van der Waals surface area contributed by atoms with Crippen LogP contribution in [-0.2, 0) is 6.54 Å². The Morgan fingerprint density at radius 1 is 1.29 bits per heavy atom. The molecule has 94 valence electrons. The van der Waals surface area contributed by atoms with Gasteiger partial charge >= 0.3 is 0 Å². The Balaban J connectivity index is 1.88. The zero-order chi connectivity index (χ0) is 12.3. The van der Waals surface area contributed by atoms with Gasteiger partial charge in [-0.3, -0.25) is 0 Å². The molecular formula is C11H13F2NO3. The van der Waals surface area contributed by atoms with Crippen LogP contribution in [0.2, 0.25) is 0 Å². The summed E-state index contributed by atoms with van der Waals surface area (Å²) in [6.45, 7) is -1.24. The van der Waals surface area contributed by atoms with Crippen LogP contribution in [-0.4, -0.2) is 31.0 Å². The van der Waals surface area contributed by atoms with E-state index in [0.717, 1.165) is 5.56 Å². The second kappa shape index (κ2) is 4.85. The normalized spacial score (nSPS) is 14.1. The molecule has 0 amide bonds. The molecule has 0 aliphatic carbocycles. The van der Waals surface area contributed by atoms with Crippen LogP contribution in [0, 0.1) is 0 Å². The van der Waals surface area contributed by atoms with Crippen molar-refractivity contribution in [1.29, 1.82) is 0 Å². The van der Waals surface area contributed by atoms with Crippen LogP contribution in [0.15, 0.2) is 18.2 Å². The molecule has 1 aromatic rings. The molecule has 1 aliphatic heterocycles. The minimum atomic E-state index is -3.09. The van der Waals surface area contributed by atoms with Crippen molar-refractivity contribution in [2.75, 3.05) is 19.9 Å². The molecule has 0 aromatic heterocycles. The first-order valence-corrected chi connectivity index (χ1v) is 5.19. The highest BCUT2D eigenvalue weighted by Crippen LogP contribution is 2.32. The molecule has 4 nitrogen and oxygen atoms in total. The number of benzene rings is 1. The first-order valence-electron chi connectivity index (χ1n) is 5.19. The molecule has 17 heavy (non-hydrogen) atoms. The topological polar surface area (TPSA) is 50.7 Å². The van der Waals surface area contributed by atoms with Gasteiger partial charge in [0.25, 0.3) is 5.92 Å². The van der Waals surface area contributed by atoms with E-state index in [4.69, 9.17) is 14.6 Å². The monoisotopic (exact) mass is 245 g/mol. The third-order valence-electron chi connectivity index (χ3n) is 2.38. The summed E-state index contributed by atoms with van der Waals surface area (Å²) in [7, 11) is 0. The molecule has 2 rings (SSSR count). The van der Waals surface area contributed by atoms with Crippen molar-refractivity contribution in [3.63, 3.8) is 0 Å². The molecule has 0 saturated heterocycles. The Morgan fingerprint density at radius 3 is 2.82 bits per heavy atom. The molecular weight excluding hydrogens is 232 g/mol. The van der Waals surface area contributed by atoms with E-state index in [2.05, 4.69) is 5.32 Å². The average molecular weight is 245 g/mol. The smallest absolute Gasteiger partial charge is 0.282 e. The van der Waals surface area contributed by atoms with Crippen molar-refractivity contribution in [3.05, 3.63) is 23.8 Å². The molecule has 0 fully saturated rings. The summed E-state index contributed by atoms with van der Waals surface area (Å²) in [5.74, 6) is -1.80. The van der Waals surface area contributed by atoms with Gasteiger partial charge in [-0.1, -0.05) is 6.07 Å². The molecule has 1 aliphatic rings. The standard InChI is InChI=1S/C11H13F2NO3/c12-11(13,6-15)5-14-4-8-1-2-9-10(3-8)17-7-16-9/h1-3,14-15H,4-7H2. The fourth-order valence-electron chi connectivity index (χ4n) is 1.50.